The molecule has 0 aliphatic carbocycles. The van der Waals surface area contributed by atoms with E-state index in [0.717, 1.165) is 25.9 Å². The summed E-state index contributed by atoms with van der Waals surface area (Å²) in [6.07, 6.45) is 3.80. The van der Waals surface area contributed by atoms with Crippen LogP contribution in [0.2, 0.25) is 0 Å². The Labute approximate surface area is 125 Å². The minimum Gasteiger partial charge on any atom is -0.330 e. The summed E-state index contributed by atoms with van der Waals surface area (Å²) >= 11 is 0. The first-order chi connectivity index (χ1) is 10.2. The van der Waals surface area contributed by atoms with Crippen LogP contribution in [0.1, 0.15) is 47.4 Å². The van der Waals surface area contributed by atoms with E-state index in [9.17, 15) is 4.79 Å². The molecule has 1 amide bonds. The van der Waals surface area contributed by atoms with E-state index in [1.807, 2.05) is 24.0 Å². The lowest BCUT2D eigenvalue weighted by Crippen LogP contribution is -2.32. The SMILES string of the molecule is CCn1nccc1C(=O)N1CCCC1c1ccccc1C. The molecule has 4 nitrogen and oxygen atoms in total. The van der Waals surface area contributed by atoms with Crippen molar-refractivity contribution in [1.29, 1.82) is 0 Å². The summed E-state index contributed by atoms with van der Waals surface area (Å²) in [7, 11) is 0. The molecule has 0 N–H and O–H groups in total. The second kappa shape index (κ2) is 5.72. The van der Waals surface area contributed by atoms with Crippen molar-refractivity contribution >= 4 is 5.91 Å². The average molecular weight is 283 g/mol. The van der Waals surface area contributed by atoms with Gasteiger partial charge in [-0.3, -0.25) is 9.48 Å². The molecule has 1 aliphatic rings. The second-order valence-corrected chi connectivity index (χ2v) is 5.55. The number of benzene rings is 1. The van der Waals surface area contributed by atoms with Gasteiger partial charge in [0.25, 0.3) is 5.91 Å². The average Bonchev–Trinajstić information content (AvgIpc) is 3.16. The Kier molecular flexibility index (Phi) is 3.78. The first-order valence-electron chi connectivity index (χ1n) is 7.60. The van der Waals surface area contributed by atoms with Gasteiger partial charge >= 0.3 is 0 Å². The molecule has 1 aromatic carbocycles. The van der Waals surface area contributed by atoms with E-state index in [4.69, 9.17) is 0 Å². The van der Waals surface area contributed by atoms with Crippen LogP contribution in [0.3, 0.4) is 0 Å². The molecule has 3 rings (SSSR count). The molecular weight excluding hydrogens is 262 g/mol. The fourth-order valence-corrected chi connectivity index (χ4v) is 3.21. The molecule has 21 heavy (non-hydrogen) atoms. The third-order valence-electron chi connectivity index (χ3n) is 4.30. The lowest BCUT2D eigenvalue weighted by atomic mass is 9.99. The minimum absolute atomic E-state index is 0.0973. The molecule has 1 saturated heterocycles. The predicted octanol–water partition coefficient (Wildman–Crippen LogP) is 3.19. The highest BCUT2D eigenvalue weighted by Gasteiger charge is 2.32. The Morgan fingerprint density at radius 1 is 1.33 bits per heavy atom. The van der Waals surface area contributed by atoms with Crippen LogP contribution in [0, 0.1) is 6.92 Å². The number of aromatic nitrogens is 2. The molecule has 0 spiro atoms. The topological polar surface area (TPSA) is 38.1 Å². The Bertz CT molecular complexity index is 647. The molecule has 1 unspecified atom stereocenters. The maximum atomic E-state index is 12.8. The Morgan fingerprint density at radius 2 is 2.14 bits per heavy atom. The van der Waals surface area contributed by atoms with Crippen molar-refractivity contribution in [3.63, 3.8) is 0 Å². The van der Waals surface area contributed by atoms with E-state index in [-0.39, 0.29) is 11.9 Å². The Morgan fingerprint density at radius 3 is 2.90 bits per heavy atom. The van der Waals surface area contributed by atoms with Crippen LogP contribution in [0.4, 0.5) is 0 Å². The maximum Gasteiger partial charge on any atom is 0.272 e. The monoisotopic (exact) mass is 283 g/mol. The van der Waals surface area contributed by atoms with E-state index in [1.54, 1.807) is 10.9 Å². The standard InChI is InChI=1S/C17H21N3O/c1-3-20-16(10-11-18-20)17(21)19-12-6-9-15(19)14-8-5-4-7-13(14)2/h4-5,7-8,10-11,15H,3,6,9,12H2,1-2H3. The number of amides is 1. The number of hydrogen-bond donors (Lipinski definition) is 0. The third-order valence-corrected chi connectivity index (χ3v) is 4.30. The fraction of sp³-hybridized carbons (Fsp3) is 0.412. The van der Waals surface area contributed by atoms with Crippen LogP contribution in [0.25, 0.3) is 0 Å². The van der Waals surface area contributed by atoms with Gasteiger partial charge in [0.2, 0.25) is 0 Å². The number of rotatable bonds is 3. The molecule has 1 atom stereocenters. The number of likely N-dealkylation sites (tertiary alicyclic amines) is 1. The van der Waals surface area contributed by atoms with Crippen molar-refractivity contribution < 1.29 is 4.79 Å². The largest absolute Gasteiger partial charge is 0.330 e. The van der Waals surface area contributed by atoms with E-state index >= 15 is 0 Å². The van der Waals surface area contributed by atoms with Crippen molar-refractivity contribution in [3.8, 4) is 0 Å². The first-order valence-corrected chi connectivity index (χ1v) is 7.60. The summed E-state index contributed by atoms with van der Waals surface area (Å²) in [4.78, 5) is 14.9. The van der Waals surface area contributed by atoms with Gasteiger partial charge in [-0.15, -0.1) is 0 Å². The molecule has 1 aliphatic heterocycles. The van der Waals surface area contributed by atoms with Crippen molar-refractivity contribution in [1.82, 2.24) is 14.7 Å². The molecule has 0 bridgehead atoms. The van der Waals surface area contributed by atoms with Gasteiger partial charge in [0.15, 0.2) is 0 Å². The van der Waals surface area contributed by atoms with Gasteiger partial charge in [-0.25, -0.2) is 0 Å². The quantitative estimate of drug-likeness (QED) is 0.867. The molecule has 0 saturated carbocycles. The molecule has 2 heterocycles. The summed E-state index contributed by atoms with van der Waals surface area (Å²) < 4.78 is 1.77. The summed E-state index contributed by atoms with van der Waals surface area (Å²) in [5, 5.41) is 4.21. The molecule has 2 aromatic rings. The van der Waals surface area contributed by atoms with Crippen molar-refractivity contribution in [2.45, 2.75) is 39.3 Å². The highest BCUT2D eigenvalue weighted by atomic mass is 16.2. The van der Waals surface area contributed by atoms with Crippen LogP contribution in [-0.2, 0) is 6.54 Å². The lowest BCUT2D eigenvalue weighted by Gasteiger charge is -2.26. The summed E-state index contributed by atoms with van der Waals surface area (Å²) in [5.74, 6) is 0.0973. The van der Waals surface area contributed by atoms with E-state index < -0.39 is 0 Å². The van der Waals surface area contributed by atoms with E-state index in [0.29, 0.717) is 5.69 Å². The second-order valence-electron chi connectivity index (χ2n) is 5.55. The maximum absolute atomic E-state index is 12.8. The number of aryl methyl sites for hydroxylation is 2. The highest BCUT2D eigenvalue weighted by Crippen LogP contribution is 2.34. The lowest BCUT2D eigenvalue weighted by molar-refractivity contribution is 0.0722. The molecular formula is C17H21N3O. The Balaban J connectivity index is 1.91. The first kappa shape index (κ1) is 13.9. The molecule has 0 radical (unpaired) electrons. The van der Waals surface area contributed by atoms with Gasteiger partial charge in [0, 0.05) is 19.3 Å². The van der Waals surface area contributed by atoms with Gasteiger partial charge in [-0.05, 0) is 43.9 Å². The van der Waals surface area contributed by atoms with Crippen LogP contribution in [-0.4, -0.2) is 27.1 Å². The van der Waals surface area contributed by atoms with Crippen molar-refractivity contribution in [2.24, 2.45) is 0 Å². The molecule has 4 heteroatoms. The molecule has 1 fully saturated rings. The number of nitrogens with zero attached hydrogens (tertiary/aromatic N) is 3. The zero-order valence-corrected chi connectivity index (χ0v) is 12.6. The summed E-state index contributed by atoms with van der Waals surface area (Å²) in [5.41, 5.74) is 3.22. The van der Waals surface area contributed by atoms with E-state index in [2.05, 4.69) is 30.2 Å². The van der Waals surface area contributed by atoms with Crippen molar-refractivity contribution in [3.05, 3.63) is 53.3 Å². The normalized spacial score (nSPS) is 18.2. The smallest absolute Gasteiger partial charge is 0.272 e. The summed E-state index contributed by atoms with van der Waals surface area (Å²) in [6, 6.07) is 10.4. The van der Waals surface area contributed by atoms with Crippen molar-refractivity contribution in [2.75, 3.05) is 6.54 Å². The number of carbonyl (C=O) groups excluding carboxylic acids is 1. The van der Waals surface area contributed by atoms with Gasteiger partial charge in [-0.2, -0.15) is 5.10 Å². The van der Waals surface area contributed by atoms with E-state index in [1.165, 1.54) is 11.1 Å². The number of carbonyl (C=O) groups is 1. The van der Waals surface area contributed by atoms with Crippen LogP contribution >= 0.6 is 0 Å². The van der Waals surface area contributed by atoms with Crippen LogP contribution in [0.5, 0.6) is 0 Å². The zero-order chi connectivity index (χ0) is 14.8. The fourth-order valence-electron chi connectivity index (χ4n) is 3.21. The zero-order valence-electron chi connectivity index (χ0n) is 12.6. The highest BCUT2D eigenvalue weighted by molar-refractivity contribution is 5.93. The van der Waals surface area contributed by atoms with Gasteiger partial charge in [0.05, 0.1) is 6.04 Å². The summed E-state index contributed by atoms with van der Waals surface area (Å²) in [6.45, 7) is 5.67. The molecule has 110 valence electrons. The molecule has 1 aromatic heterocycles. The third kappa shape index (κ3) is 2.46. The van der Waals surface area contributed by atoms with Crippen LogP contribution in [0.15, 0.2) is 36.5 Å². The number of hydrogen-bond acceptors (Lipinski definition) is 2. The van der Waals surface area contributed by atoms with Gasteiger partial charge < -0.3 is 4.90 Å². The minimum atomic E-state index is 0.0973. The van der Waals surface area contributed by atoms with Gasteiger partial charge in [0.1, 0.15) is 5.69 Å². The van der Waals surface area contributed by atoms with Gasteiger partial charge in [-0.1, -0.05) is 24.3 Å². The predicted molar refractivity (Wildman–Crippen MR) is 82.1 cm³/mol. The van der Waals surface area contributed by atoms with Crippen LogP contribution < -0.4 is 0 Å². The Hall–Kier alpha value is -2.10.